The fourth-order valence-corrected chi connectivity index (χ4v) is 1.05. The number of anilines is 1. The second-order valence-electron chi connectivity index (χ2n) is 3.08. The smallest absolute Gasteiger partial charge is 0.156 e. The average Bonchev–Trinajstić information content (AvgIpc) is 2.92. The van der Waals surface area contributed by atoms with Crippen LogP contribution in [0.1, 0.15) is 23.2 Å². The summed E-state index contributed by atoms with van der Waals surface area (Å²) < 4.78 is 5.48. The van der Waals surface area contributed by atoms with Gasteiger partial charge in [-0.3, -0.25) is 9.78 Å². The SMILES string of the molecule is Nc1cncc(C=O)c1OC1CC1. The number of rotatable bonds is 3. The first kappa shape index (κ1) is 8.04. The standard InChI is InChI=1S/C9H10N2O2/c10-8-4-11-3-6(5-12)9(8)13-7-1-2-7/h3-5,7H,1-2,10H2. The van der Waals surface area contributed by atoms with Crippen molar-refractivity contribution in [2.75, 3.05) is 5.73 Å². The molecule has 1 aromatic rings. The van der Waals surface area contributed by atoms with Crippen molar-refractivity contribution in [1.82, 2.24) is 4.98 Å². The summed E-state index contributed by atoms with van der Waals surface area (Å²) in [6, 6.07) is 0. The van der Waals surface area contributed by atoms with Gasteiger partial charge in [0.25, 0.3) is 0 Å². The second-order valence-corrected chi connectivity index (χ2v) is 3.08. The molecule has 0 radical (unpaired) electrons. The van der Waals surface area contributed by atoms with E-state index in [1.807, 2.05) is 0 Å². The van der Waals surface area contributed by atoms with E-state index in [1.165, 1.54) is 12.4 Å². The first-order valence-corrected chi connectivity index (χ1v) is 4.16. The molecule has 1 saturated carbocycles. The number of carbonyl (C=O) groups is 1. The van der Waals surface area contributed by atoms with Gasteiger partial charge in [-0.05, 0) is 12.8 Å². The molecule has 4 heteroatoms. The maximum atomic E-state index is 10.6. The summed E-state index contributed by atoms with van der Waals surface area (Å²) in [5, 5.41) is 0. The van der Waals surface area contributed by atoms with E-state index in [-0.39, 0.29) is 6.10 Å². The maximum Gasteiger partial charge on any atom is 0.156 e. The van der Waals surface area contributed by atoms with E-state index in [9.17, 15) is 4.79 Å². The predicted octanol–water partition coefficient (Wildman–Crippen LogP) is 1.02. The highest BCUT2D eigenvalue weighted by molar-refractivity contribution is 5.82. The van der Waals surface area contributed by atoms with Gasteiger partial charge in [-0.25, -0.2) is 0 Å². The van der Waals surface area contributed by atoms with Gasteiger partial charge in [0.2, 0.25) is 0 Å². The molecule has 1 aromatic heterocycles. The number of ether oxygens (including phenoxy) is 1. The van der Waals surface area contributed by atoms with Crippen LogP contribution < -0.4 is 10.5 Å². The van der Waals surface area contributed by atoms with Crippen LogP contribution in [0, 0.1) is 0 Å². The van der Waals surface area contributed by atoms with Gasteiger partial charge in [-0.15, -0.1) is 0 Å². The Bertz CT molecular complexity index is 334. The van der Waals surface area contributed by atoms with E-state index in [4.69, 9.17) is 10.5 Å². The summed E-state index contributed by atoms with van der Waals surface area (Å²) in [6.45, 7) is 0. The normalized spacial score (nSPS) is 15.4. The summed E-state index contributed by atoms with van der Waals surface area (Å²) in [4.78, 5) is 14.4. The zero-order valence-corrected chi connectivity index (χ0v) is 7.06. The van der Waals surface area contributed by atoms with Gasteiger partial charge in [0.1, 0.15) is 0 Å². The molecule has 2 N–H and O–H groups in total. The van der Waals surface area contributed by atoms with Crippen LogP contribution >= 0.6 is 0 Å². The number of hydrogen-bond acceptors (Lipinski definition) is 4. The van der Waals surface area contributed by atoms with E-state index < -0.39 is 0 Å². The van der Waals surface area contributed by atoms with Gasteiger partial charge in [0.15, 0.2) is 12.0 Å². The Morgan fingerprint density at radius 2 is 2.31 bits per heavy atom. The van der Waals surface area contributed by atoms with Gasteiger partial charge in [0.05, 0.1) is 23.6 Å². The molecule has 1 aliphatic rings. The molecule has 0 bridgehead atoms. The fourth-order valence-electron chi connectivity index (χ4n) is 1.05. The molecule has 0 saturated heterocycles. The monoisotopic (exact) mass is 178 g/mol. The lowest BCUT2D eigenvalue weighted by Crippen LogP contribution is -2.03. The topological polar surface area (TPSA) is 65.2 Å². The van der Waals surface area contributed by atoms with Crippen LogP contribution in [0.25, 0.3) is 0 Å². The molecule has 1 aliphatic carbocycles. The summed E-state index contributed by atoms with van der Waals surface area (Å²) >= 11 is 0. The molecule has 68 valence electrons. The summed E-state index contributed by atoms with van der Waals surface area (Å²) in [5.74, 6) is 0.479. The third-order valence-electron chi connectivity index (χ3n) is 1.89. The van der Waals surface area contributed by atoms with Gasteiger partial charge < -0.3 is 10.5 Å². The first-order valence-electron chi connectivity index (χ1n) is 4.16. The van der Waals surface area contributed by atoms with E-state index >= 15 is 0 Å². The van der Waals surface area contributed by atoms with Gasteiger partial charge in [0, 0.05) is 6.20 Å². The fraction of sp³-hybridized carbons (Fsp3) is 0.333. The lowest BCUT2D eigenvalue weighted by Gasteiger charge is -2.08. The Morgan fingerprint density at radius 1 is 1.54 bits per heavy atom. The number of nitrogens with zero attached hydrogens (tertiary/aromatic N) is 1. The van der Waals surface area contributed by atoms with Crippen LogP contribution in [0.4, 0.5) is 5.69 Å². The zero-order chi connectivity index (χ0) is 9.26. The Balaban J connectivity index is 2.32. The highest BCUT2D eigenvalue weighted by Gasteiger charge is 2.25. The molecule has 2 rings (SSSR count). The van der Waals surface area contributed by atoms with Crippen molar-refractivity contribution >= 4 is 12.0 Å². The zero-order valence-electron chi connectivity index (χ0n) is 7.06. The molecule has 0 atom stereocenters. The molecule has 1 fully saturated rings. The molecule has 4 nitrogen and oxygen atoms in total. The van der Waals surface area contributed by atoms with Crippen LogP contribution in [0.5, 0.6) is 5.75 Å². The Morgan fingerprint density at radius 3 is 2.92 bits per heavy atom. The lowest BCUT2D eigenvalue weighted by molar-refractivity contribution is 0.111. The largest absolute Gasteiger partial charge is 0.487 e. The minimum atomic E-state index is 0.239. The number of hydrogen-bond donors (Lipinski definition) is 1. The van der Waals surface area contributed by atoms with E-state index in [0.29, 0.717) is 23.3 Å². The molecule has 0 aromatic carbocycles. The molecule has 0 unspecified atom stereocenters. The Kier molecular flexibility index (Phi) is 1.88. The van der Waals surface area contributed by atoms with Gasteiger partial charge >= 0.3 is 0 Å². The predicted molar refractivity (Wildman–Crippen MR) is 47.7 cm³/mol. The van der Waals surface area contributed by atoms with Crippen molar-refractivity contribution in [3.63, 3.8) is 0 Å². The van der Waals surface area contributed by atoms with Gasteiger partial charge in [-0.1, -0.05) is 0 Å². The minimum absolute atomic E-state index is 0.239. The quantitative estimate of drug-likeness (QED) is 0.702. The van der Waals surface area contributed by atoms with Gasteiger partial charge in [-0.2, -0.15) is 0 Å². The molecule has 0 amide bonds. The molecular formula is C9H10N2O2. The van der Waals surface area contributed by atoms with Crippen molar-refractivity contribution < 1.29 is 9.53 Å². The number of nitrogen functional groups attached to an aromatic ring is 1. The highest BCUT2D eigenvalue weighted by Crippen LogP contribution is 2.31. The molecule has 0 spiro atoms. The molecule has 1 heterocycles. The number of pyridine rings is 1. The van der Waals surface area contributed by atoms with Crippen LogP contribution in [0.15, 0.2) is 12.4 Å². The molecular weight excluding hydrogens is 168 g/mol. The number of carbonyl (C=O) groups excluding carboxylic acids is 1. The van der Waals surface area contributed by atoms with E-state index in [1.54, 1.807) is 0 Å². The first-order chi connectivity index (χ1) is 6.31. The van der Waals surface area contributed by atoms with Crippen LogP contribution in [-0.2, 0) is 0 Å². The van der Waals surface area contributed by atoms with Crippen LogP contribution in [0.3, 0.4) is 0 Å². The van der Waals surface area contributed by atoms with E-state index in [2.05, 4.69) is 4.98 Å². The Labute approximate surface area is 75.7 Å². The van der Waals surface area contributed by atoms with Crippen molar-refractivity contribution in [3.8, 4) is 5.75 Å². The molecule has 13 heavy (non-hydrogen) atoms. The molecule has 0 aliphatic heterocycles. The minimum Gasteiger partial charge on any atom is -0.487 e. The second kappa shape index (κ2) is 3.05. The van der Waals surface area contributed by atoms with Crippen molar-refractivity contribution in [3.05, 3.63) is 18.0 Å². The lowest BCUT2D eigenvalue weighted by atomic mass is 10.2. The highest BCUT2D eigenvalue weighted by atomic mass is 16.5. The van der Waals surface area contributed by atoms with Crippen LogP contribution in [-0.4, -0.2) is 17.4 Å². The van der Waals surface area contributed by atoms with Crippen molar-refractivity contribution in [1.29, 1.82) is 0 Å². The number of aromatic nitrogens is 1. The summed E-state index contributed by atoms with van der Waals surface area (Å²) in [7, 11) is 0. The van der Waals surface area contributed by atoms with Crippen molar-refractivity contribution in [2.24, 2.45) is 0 Å². The van der Waals surface area contributed by atoms with E-state index in [0.717, 1.165) is 12.8 Å². The van der Waals surface area contributed by atoms with Crippen molar-refractivity contribution in [2.45, 2.75) is 18.9 Å². The third kappa shape index (κ3) is 1.61. The summed E-state index contributed by atoms with van der Waals surface area (Å²) in [6.07, 6.45) is 5.98. The number of aldehydes is 1. The van der Waals surface area contributed by atoms with Crippen LogP contribution in [0.2, 0.25) is 0 Å². The summed E-state index contributed by atoms with van der Waals surface area (Å²) in [5.41, 5.74) is 6.48. The maximum absolute atomic E-state index is 10.6. The Hall–Kier alpha value is -1.58. The number of nitrogens with two attached hydrogens (primary N) is 1. The average molecular weight is 178 g/mol. The third-order valence-corrected chi connectivity index (χ3v) is 1.89.